The molecule has 0 aliphatic carbocycles. The van der Waals surface area contributed by atoms with Gasteiger partial charge in [0.2, 0.25) is 0 Å². The molecule has 0 radical (unpaired) electrons. The van der Waals surface area contributed by atoms with Crippen LogP contribution in [0.1, 0.15) is 13.8 Å². The molecular weight excluding hydrogens is 360 g/mol. The normalized spacial score (nSPS) is 14.4. The highest BCUT2D eigenvalue weighted by Crippen LogP contribution is 2.28. The standard InChI is InChI=1S/C20H20N4O2S/c1-14(2)27(25,26)16-8-6-15(7-9-16)17-12-21-20-19(23-17)18(13-22-20)24-10-4-3-5-11-24/h3-10,12-14H,11H2,1-2H3,(H,21,22). The first-order chi connectivity index (χ1) is 13.0. The summed E-state index contributed by atoms with van der Waals surface area (Å²) in [5.74, 6) is 0. The second-order valence-corrected chi connectivity index (χ2v) is 9.17. The van der Waals surface area contributed by atoms with Crippen LogP contribution in [0.3, 0.4) is 0 Å². The highest BCUT2D eigenvalue weighted by molar-refractivity contribution is 7.92. The number of allylic oxidation sites excluding steroid dienone is 2. The van der Waals surface area contributed by atoms with Gasteiger partial charge >= 0.3 is 0 Å². The molecule has 0 fully saturated rings. The number of sulfone groups is 1. The number of fused-ring (bicyclic) bond motifs is 1. The van der Waals surface area contributed by atoms with Crippen molar-refractivity contribution in [2.24, 2.45) is 0 Å². The molecule has 2 aromatic heterocycles. The Labute approximate surface area is 158 Å². The van der Waals surface area contributed by atoms with E-state index < -0.39 is 15.1 Å². The molecule has 0 unspecified atom stereocenters. The molecule has 0 atom stereocenters. The third-order valence-electron chi connectivity index (χ3n) is 4.58. The van der Waals surface area contributed by atoms with Crippen LogP contribution in [0.15, 0.2) is 66.0 Å². The number of anilines is 1. The zero-order valence-electron chi connectivity index (χ0n) is 15.1. The first kappa shape index (κ1) is 17.5. The molecule has 138 valence electrons. The van der Waals surface area contributed by atoms with Gasteiger partial charge in [0.1, 0.15) is 5.52 Å². The number of rotatable bonds is 4. The highest BCUT2D eigenvalue weighted by atomic mass is 32.2. The van der Waals surface area contributed by atoms with Gasteiger partial charge in [0.15, 0.2) is 15.5 Å². The van der Waals surface area contributed by atoms with Crippen LogP contribution in [0.5, 0.6) is 0 Å². The van der Waals surface area contributed by atoms with E-state index in [0.717, 1.165) is 29.0 Å². The molecule has 4 rings (SSSR count). The van der Waals surface area contributed by atoms with Gasteiger partial charge in [-0.15, -0.1) is 0 Å². The van der Waals surface area contributed by atoms with Gasteiger partial charge in [-0.05, 0) is 32.1 Å². The zero-order chi connectivity index (χ0) is 19.0. The predicted molar refractivity (Wildman–Crippen MR) is 107 cm³/mol. The topological polar surface area (TPSA) is 79.0 Å². The number of nitrogens with one attached hydrogen (secondary N) is 1. The van der Waals surface area contributed by atoms with Crippen molar-refractivity contribution >= 4 is 26.7 Å². The van der Waals surface area contributed by atoms with Crippen molar-refractivity contribution < 1.29 is 8.42 Å². The number of aromatic nitrogens is 3. The lowest BCUT2D eigenvalue weighted by Gasteiger charge is -2.19. The minimum Gasteiger partial charge on any atom is -0.343 e. The molecule has 1 N–H and O–H groups in total. The zero-order valence-corrected chi connectivity index (χ0v) is 15.9. The lowest BCUT2D eigenvalue weighted by Crippen LogP contribution is -2.17. The lowest BCUT2D eigenvalue weighted by molar-refractivity contribution is 0.587. The van der Waals surface area contributed by atoms with Crippen LogP contribution in [0, 0.1) is 0 Å². The van der Waals surface area contributed by atoms with Crippen molar-refractivity contribution in [1.82, 2.24) is 15.0 Å². The van der Waals surface area contributed by atoms with Crippen molar-refractivity contribution in [2.45, 2.75) is 24.0 Å². The number of hydrogen-bond donors (Lipinski definition) is 1. The van der Waals surface area contributed by atoms with E-state index in [9.17, 15) is 8.42 Å². The summed E-state index contributed by atoms with van der Waals surface area (Å²) in [5.41, 5.74) is 3.99. The molecule has 27 heavy (non-hydrogen) atoms. The van der Waals surface area contributed by atoms with Gasteiger partial charge < -0.3 is 9.88 Å². The first-order valence-electron chi connectivity index (χ1n) is 8.75. The molecule has 0 spiro atoms. The number of aromatic amines is 1. The van der Waals surface area contributed by atoms with E-state index in [1.807, 2.05) is 24.5 Å². The molecule has 3 heterocycles. The Kier molecular flexibility index (Phi) is 4.31. The smallest absolute Gasteiger partial charge is 0.180 e. The Morgan fingerprint density at radius 1 is 1.15 bits per heavy atom. The Bertz CT molecular complexity index is 1140. The van der Waals surface area contributed by atoms with Gasteiger partial charge in [-0.3, -0.25) is 0 Å². The third-order valence-corrected chi connectivity index (χ3v) is 6.76. The molecule has 7 heteroatoms. The fourth-order valence-electron chi connectivity index (χ4n) is 2.97. The van der Waals surface area contributed by atoms with Gasteiger partial charge in [-0.2, -0.15) is 0 Å². The monoisotopic (exact) mass is 380 g/mol. The minimum absolute atomic E-state index is 0.322. The summed E-state index contributed by atoms with van der Waals surface area (Å²) in [4.78, 5) is 14.8. The minimum atomic E-state index is -3.28. The van der Waals surface area contributed by atoms with Gasteiger partial charge in [0.05, 0.1) is 27.7 Å². The van der Waals surface area contributed by atoms with Gasteiger partial charge in [0, 0.05) is 24.5 Å². The van der Waals surface area contributed by atoms with Crippen LogP contribution >= 0.6 is 0 Å². The lowest BCUT2D eigenvalue weighted by atomic mass is 10.1. The summed E-state index contributed by atoms with van der Waals surface area (Å²) in [6, 6.07) is 6.82. The maximum atomic E-state index is 12.3. The highest BCUT2D eigenvalue weighted by Gasteiger charge is 2.19. The molecule has 3 aromatic rings. The van der Waals surface area contributed by atoms with Crippen LogP contribution in [0.2, 0.25) is 0 Å². The summed E-state index contributed by atoms with van der Waals surface area (Å²) in [7, 11) is -3.28. The summed E-state index contributed by atoms with van der Waals surface area (Å²) in [6.07, 6.45) is 11.7. The molecule has 0 saturated heterocycles. The van der Waals surface area contributed by atoms with Crippen molar-refractivity contribution in [3.63, 3.8) is 0 Å². The maximum Gasteiger partial charge on any atom is 0.180 e. The van der Waals surface area contributed by atoms with E-state index in [4.69, 9.17) is 4.98 Å². The van der Waals surface area contributed by atoms with Crippen molar-refractivity contribution in [3.05, 3.63) is 61.1 Å². The first-order valence-corrected chi connectivity index (χ1v) is 10.3. The fourth-order valence-corrected chi connectivity index (χ4v) is 4.03. The Morgan fingerprint density at radius 3 is 2.59 bits per heavy atom. The summed E-state index contributed by atoms with van der Waals surface area (Å²) in [5, 5.41) is -0.450. The molecule has 6 nitrogen and oxygen atoms in total. The largest absolute Gasteiger partial charge is 0.343 e. The molecule has 0 saturated carbocycles. The van der Waals surface area contributed by atoms with Gasteiger partial charge in [-0.25, -0.2) is 18.4 Å². The quantitative estimate of drug-likeness (QED) is 0.747. The predicted octanol–water partition coefficient (Wildman–Crippen LogP) is 3.70. The fraction of sp³-hybridized carbons (Fsp3) is 0.200. The van der Waals surface area contributed by atoms with Gasteiger partial charge in [-0.1, -0.05) is 24.3 Å². The molecule has 1 aliphatic heterocycles. The second-order valence-electron chi connectivity index (χ2n) is 6.67. The Morgan fingerprint density at radius 2 is 1.93 bits per heavy atom. The van der Waals surface area contributed by atoms with Crippen LogP contribution in [0.4, 0.5) is 5.69 Å². The third kappa shape index (κ3) is 3.14. The summed E-state index contributed by atoms with van der Waals surface area (Å²) in [6.45, 7) is 4.14. The van der Waals surface area contributed by atoms with Gasteiger partial charge in [0.25, 0.3) is 0 Å². The van der Waals surface area contributed by atoms with Crippen molar-refractivity contribution in [2.75, 3.05) is 11.4 Å². The molecule has 0 bridgehead atoms. The maximum absolute atomic E-state index is 12.3. The number of benzene rings is 1. The van der Waals surface area contributed by atoms with Crippen molar-refractivity contribution in [1.29, 1.82) is 0 Å². The number of nitrogens with zero attached hydrogens (tertiary/aromatic N) is 3. The second kappa shape index (κ2) is 6.66. The van der Waals surface area contributed by atoms with E-state index in [0.29, 0.717) is 10.6 Å². The Balaban J connectivity index is 1.72. The van der Waals surface area contributed by atoms with Crippen LogP contribution in [0.25, 0.3) is 22.4 Å². The van der Waals surface area contributed by atoms with Crippen LogP contribution < -0.4 is 4.90 Å². The molecule has 1 aliphatic rings. The average Bonchev–Trinajstić information content (AvgIpc) is 3.12. The SMILES string of the molecule is CC(C)S(=O)(=O)c1ccc(-c2cnc3[nH]cc(N4C=CC=CC4)c3n2)cc1. The van der Waals surface area contributed by atoms with E-state index in [1.165, 1.54) is 0 Å². The van der Waals surface area contributed by atoms with Crippen LogP contribution in [-0.4, -0.2) is 35.2 Å². The molecule has 1 aromatic carbocycles. The molecule has 0 amide bonds. The van der Waals surface area contributed by atoms with E-state index >= 15 is 0 Å². The molecular formula is C20H20N4O2S. The van der Waals surface area contributed by atoms with Crippen molar-refractivity contribution in [3.8, 4) is 11.3 Å². The number of H-pyrrole nitrogens is 1. The average molecular weight is 380 g/mol. The van der Waals surface area contributed by atoms with E-state index in [1.54, 1.807) is 44.3 Å². The number of hydrogen-bond acceptors (Lipinski definition) is 5. The van der Waals surface area contributed by atoms with Crippen LogP contribution in [-0.2, 0) is 9.84 Å². The van der Waals surface area contributed by atoms with E-state index in [-0.39, 0.29) is 0 Å². The summed E-state index contributed by atoms with van der Waals surface area (Å²) < 4.78 is 24.6. The Hall–Kier alpha value is -2.93. The van der Waals surface area contributed by atoms with E-state index in [2.05, 4.69) is 20.9 Å². The summed E-state index contributed by atoms with van der Waals surface area (Å²) >= 11 is 0.